The number of carbonyl (C=O) groups is 1. The van der Waals surface area contributed by atoms with Crippen molar-refractivity contribution in [2.45, 2.75) is 12.8 Å². The number of carbonyl (C=O) groups excluding carboxylic acids is 1. The average molecular weight is 155 g/mol. The maximum Gasteiger partial charge on any atom is 0.224 e. The summed E-state index contributed by atoms with van der Waals surface area (Å²) in [5.41, 5.74) is 0. The van der Waals surface area contributed by atoms with E-state index >= 15 is 0 Å². The largest absolute Gasteiger partial charge is 0.357 e. The Morgan fingerprint density at radius 1 is 1.73 bits per heavy atom. The summed E-state index contributed by atoms with van der Waals surface area (Å²) in [7, 11) is 0. The van der Waals surface area contributed by atoms with Crippen LogP contribution in [0.1, 0.15) is 12.8 Å². The third-order valence-corrected chi connectivity index (χ3v) is 1.65. The van der Waals surface area contributed by atoms with Gasteiger partial charge in [0.25, 0.3) is 0 Å². The molecule has 11 heavy (non-hydrogen) atoms. The molecule has 0 N–H and O–H groups in total. The van der Waals surface area contributed by atoms with E-state index in [2.05, 4.69) is 6.58 Å². The van der Waals surface area contributed by atoms with Crippen LogP contribution in [0.2, 0.25) is 0 Å². The monoisotopic (exact) mass is 155 g/mol. The zero-order chi connectivity index (χ0) is 8.10. The van der Waals surface area contributed by atoms with Crippen LogP contribution < -0.4 is 0 Å². The summed E-state index contributed by atoms with van der Waals surface area (Å²) in [6.07, 6.45) is 3.33. The highest BCUT2D eigenvalue weighted by molar-refractivity contribution is 5.77. The lowest BCUT2D eigenvalue weighted by Gasteiger charge is -2.14. The van der Waals surface area contributed by atoms with Crippen LogP contribution in [0.15, 0.2) is 12.7 Å². The van der Waals surface area contributed by atoms with Gasteiger partial charge in [-0.15, -0.1) is 6.58 Å². The molecule has 62 valence electrons. The Balaban J connectivity index is 2.15. The van der Waals surface area contributed by atoms with Crippen LogP contribution in [0.3, 0.4) is 0 Å². The van der Waals surface area contributed by atoms with Crippen LogP contribution in [0.4, 0.5) is 0 Å². The van der Waals surface area contributed by atoms with Crippen LogP contribution in [0, 0.1) is 0 Å². The van der Waals surface area contributed by atoms with Gasteiger partial charge in [0.2, 0.25) is 5.91 Å². The second-order valence-corrected chi connectivity index (χ2v) is 2.55. The lowest BCUT2D eigenvalue weighted by atomic mass is 10.4. The van der Waals surface area contributed by atoms with E-state index in [0.717, 1.165) is 13.0 Å². The summed E-state index contributed by atoms with van der Waals surface area (Å²) < 4.78 is 5.12. The van der Waals surface area contributed by atoms with E-state index in [4.69, 9.17) is 4.74 Å². The quantitative estimate of drug-likeness (QED) is 0.443. The number of rotatable bonds is 4. The van der Waals surface area contributed by atoms with Crippen molar-refractivity contribution in [1.82, 2.24) is 4.90 Å². The Hall–Kier alpha value is -0.830. The van der Waals surface area contributed by atoms with Gasteiger partial charge in [0.15, 0.2) is 0 Å². The molecule has 0 aromatic heterocycles. The number of hydrogen-bond donors (Lipinski definition) is 0. The van der Waals surface area contributed by atoms with E-state index in [-0.39, 0.29) is 5.91 Å². The zero-order valence-electron chi connectivity index (χ0n) is 6.58. The Morgan fingerprint density at radius 2 is 2.55 bits per heavy atom. The second-order valence-electron chi connectivity index (χ2n) is 2.55. The van der Waals surface area contributed by atoms with Crippen molar-refractivity contribution >= 4 is 5.91 Å². The number of ether oxygens (including phenoxy) is 1. The molecule has 3 nitrogen and oxygen atoms in total. The summed E-state index contributed by atoms with van der Waals surface area (Å²) in [6, 6.07) is 0. The summed E-state index contributed by atoms with van der Waals surface area (Å²) >= 11 is 0. The Labute approximate surface area is 66.6 Å². The van der Waals surface area contributed by atoms with Gasteiger partial charge >= 0.3 is 0 Å². The minimum atomic E-state index is 0.203. The first-order valence-corrected chi connectivity index (χ1v) is 3.81. The Bertz CT molecular complexity index is 156. The van der Waals surface area contributed by atoms with E-state index in [9.17, 15) is 4.79 Å². The van der Waals surface area contributed by atoms with Gasteiger partial charge in [-0.25, -0.2) is 0 Å². The minimum absolute atomic E-state index is 0.203. The maximum absolute atomic E-state index is 11.0. The molecule has 0 unspecified atom stereocenters. The smallest absolute Gasteiger partial charge is 0.224 e. The van der Waals surface area contributed by atoms with Crippen LogP contribution in [0.5, 0.6) is 0 Å². The van der Waals surface area contributed by atoms with Crippen LogP contribution in [0.25, 0.3) is 0 Å². The van der Waals surface area contributed by atoms with Crippen LogP contribution in [-0.4, -0.2) is 30.7 Å². The molecule has 0 spiro atoms. The van der Waals surface area contributed by atoms with Crippen molar-refractivity contribution in [2.24, 2.45) is 0 Å². The molecule has 1 heterocycles. The molecule has 1 rings (SSSR count). The average Bonchev–Trinajstić information content (AvgIpc) is 2.37. The van der Waals surface area contributed by atoms with E-state index < -0.39 is 0 Å². The lowest BCUT2D eigenvalue weighted by Crippen LogP contribution is -2.27. The fourth-order valence-electron chi connectivity index (χ4n) is 1.09. The van der Waals surface area contributed by atoms with Crippen molar-refractivity contribution in [3.05, 3.63) is 12.7 Å². The number of nitrogens with zero attached hydrogens (tertiary/aromatic N) is 1. The highest BCUT2D eigenvalue weighted by Crippen LogP contribution is 2.08. The normalized spacial score (nSPS) is 17.5. The van der Waals surface area contributed by atoms with E-state index in [0.29, 0.717) is 19.8 Å². The van der Waals surface area contributed by atoms with Gasteiger partial charge in [0.1, 0.15) is 6.73 Å². The molecule has 0 bridgehead atoms. The molecular formula is C8H13NO2. The molecule has 3 heteroatoms. The fraction of sp³-hybridized carbons (Fsp3) is 0.625. The maximum atomic E-state index is 11.0. The third kappa shape index (κ3) is 2.35. The molecule has 0 saturated carbocycles. The summed E-state index contributed by atoms with van der Waals surface area (Å²) in [5.74, 6) is 0.203. The van der Waals surface area contributed by atoms with Crippen molar-refractivity contribution in [3.8, 4) is 0 Å². The predicted molar refractivity (Wildman–Crippen MR) is 42.0 cm³/mol. The molecule has 1 fully saturated rings. The molecular weight excluding hydrogens is 142 g/mol. The standard InChI is InChI=1S/C8H13NO2/c1-2-6-11-7-9-5-3-4-8(9)10/h2H,1,3-7H2. The highest BCUT2D eigenvalue weighted by atomic mass is 16.5. The summed E-state index contributed by atoms with van der Waals surface area (Å²) in [5, 5.41) is 0. The van der Waals surface area contributed by atoms with Crippen molar-refractivity contribution in [2.75, 3.05) is 19.9 Å². The fourth-order valence-corrected chi connectivity index (χ4v) is 1.09. The predicted octanol–water partition coefficient (Wildman–Crippen LogP) is 0.769. The molecule has 0 radical (unpaired) electrons. The SMILES string of the molecule is C=CCOCN1CCCC1=O. The first kappa shape index (κ1) is 8.27. The van der Waals surface area contributed by atoms with Gasteiger partial charge in [0.05, 0.1) is 6.61 Å². The number of likely N-dealkylation sites (tertiary alicyclic amines) is 1. The van der Waals surface area contributed by atoms with Crippen LogP contribution >= 0.6 is 0 Å². The number of hydrogen-bond acceptors (Lipinski definition) is 2. The molecule has 0 aromatic rings. The number of amides is 1. The molecule has 1 aliphatic heterocycles. The molecule has 1 amide bonds. The van der Waals surface area contributed by atoms with Crippen LogP contribution in [-0.2, 0) is 9.53 Å². The van der Waals surface area contributed by atoms with Gasteiger partial charge in [-0.05, 0) is 6.42 Å². The molecule has 1 saturated heterocycles. The summed E-state index contributed by atoms with van der Waals surface area (Å²) in [6.45, 7) is 5.30. The van der Waals surface area contributed by atoms with Crippen molar-refractivity contribution in [1.29, 1.82) is 0 Å². The second kappa shape index (κ2) is 4.13. The Morgan fingerprint density at radius 3 is 3.09 bits per heavy atom. The zero-order valence-corrected chi connectivity index (χ0v) is 6.58. The first-order chi connectivity index (χ1) is 5.34. The summed E-state index contributed by atoms with van der Waals surface area (Å²) in [4.78, 5) is 12.7. The molecule has 0 atom stereocenters. The van der Waals surface area contributed by atoms with Gasteiger partial charge in [-0.3, -0.25) is 4.79 Å². The first-order valence-electron chi connectivity index (χ1n) is 3.81. The minimum Gasteiger partial charge on any atom is -0.357 e. The van der Waals surface area contributed by atoms with E-state index in [1.54, 1.807) is 11.0 Å². The van der Waals surface area contributed by atoms with Gasteiger partial charge in [-0.2, -0.15) is 0 Å². The Kier molecular flexibility index (Phi) is 3.11. The molecule has 0 aliphatic carbocycles. The van der Waals surface area contributed by atoms with Gasteiger partial charge in [-0.1, -0.05) is 6.08 Å². The van der Waals surface area contributed by atoms with E-state index in [1.807, 2.05) is 0 Å². The van der Waals surface area contributed by atoms with Crippen molar-refractivity contribution in [3.63, 3.8) is 0 Å². The third-order valence-electron chi connectivity index (χ3n) is 1.65. The lowest BCUT2D eigenvalue weighted by molar-refractivity contribution is -0.132. The van der Waals surface area contributed by atoms with E-state index in [1.165, 1.54) is 0 Å². The topological polar surface area (TPSA) is 29.5 Å². The van der Waals surface area contributed by atoms with Gasteiger partial charge in [0, 0.05) is 13.0 Å². The molecule has 0 aromatic carbocycles. The molecule has 1 aliphatic rings. The van der Waals surface area contributed by atoms with Gasteiger partial charge < -0.3 is 9.64 Å². The highest BCUT2D eigenvalue weighted by Gasteiger charge is 2.19. The van der Waals surface area contributed by atoms with Crippen molar-refractivity contribution < 1.29 is 9.53 Å².